The molecule has 0 bridgehead atoms. The Kier molecular flexibility index (Phi) is 5.09. The fourth-order valence-corrected chi connectivity index (χ4v) is 4.09. The third-order valence-corrected chi connectivity index (χ3v) is 5.40. The largest absolute Gasteiger partial charge is 0.339 e. The number of pyridine rings is 1. The van der Waals surface area contributed by atoms with Gasteiger partial charge in [0.05, 0.1) is 6.54 Å². The minimum Gasteiger partial charge on any atom is -0.339 e. The van der Waals surface area contributed by atoms with Crippen molar-refractivity contribution in [3.8, 4) is 11.1 Å². The van der Waals surface area contributed by atoms with Crippen LogP contribution in [0.15, 0.2) is 61.1 Å². The number of nitrogens with one attached hydrogen (secondary N) is 1. The van der Waals surface area contributed by atoms with E-state index in [2.05, 4.69) is 61.6 Å². The predicted octanol–water partition coefficient (Wildman–Crippen LogP) is 4.11. The van der Waals surface area contributed by atoms with Gasteiger partial charge in [-0.3, -0.25) is 0 Å². The molecule has 0 spiro atoms. The van der Waals surface area contributed by atoms with E-state index in [1.807, 2.05) is 38.8 Å². The number of thiophene rings is 1. The highest BCUT2D eigenvalue weighted by Crippen LogP contribution is 2.25. The van der Waals surface area contributed by atoms with E-state index in [0.717, 1.165) is 35.0 Å². The molecule has 0 aliphatic heterocycles. The molecule has 0 amide bonds. The molecule has 1 aromatic carbocycles. The summed E-state index contributed by atoms with van der Waals surface area (Å²) >= 11 is 1.71. The van der Waals surface area contributed by atoms with E-state index < -0.39 is 0 Å². The van der Waals surface area contributed by atoms with Gasteiger partial charge < -0.3 is 10.2 Å². The fourth-order valence-electron chi connectivity index (χ4n) is 3.04. The van der Waals surface area contributed by atoms with Crippen LogP contribution in [0.3, 0.4) is 0 Å². The number of hydrogen-bond acceptors (Lipinski definition) is 6. The first-order chi connectivity index (χ1) is 13.2. The molecular weight excluding hydrogens is 354 g/mol. The molecule has 6 heteroatoms. The molecule has 0 saturated carbocycles. The molecule has 0 fully saturated rings. The summed E-state index contributed by atoms with van der Waals surface area (Å²) in [5.41, 5.74) is 3.40. The number of nitrogens with zero attached hydrogens (tertiary/aromatic N) is 4. The van der Waals surface area contributed by atoms with Crippen molar-refractivity contribution in [2.75, 3.05) is 19.0 Å². The van der Waals surface area contributed by atoms with Gasteiger partial charge in [0.25, 0.3) is 0 Å². The summed E-state index contributed by atoms with van der Waals surface area (Å²) < 4.78 is 0. The molecule has 136 valence electrons. The Balaban J connectivity index is 1.50. The van der Waals surface area contributed by atoms with E-state index in [0.29, 0.717) is 0 Å². The van der Waals surface area contributed by atoms with Gasteiger partial charge in [0.2, 0.25) is 5.95 Å². The zero-order valence-corrected chi connectivity index (χ0v) is 16.2. The van der Waals surface area contributed by atoms with E-state index in [-0.39, 0.29) is 0 Å². The molecule has 0 saturated heterocycles. The van der Waals surface area contributed by atoms with Crippen molar-refractivity contribution >= 4 is 27.5 Å². The maximum Gasteiger partial charge on any atom is 0.225 e. The molecule has 3 heterocycles. The zero-order chi connectivity index (χ0) is 18.6. The molecule has 0 aliphatic carbocycles. The molecule has 0 aliphatic rings. The molecule has 4 rings (SSSR count). The van der Waals surface area contributed by atoms with Gasteiger partial charge in [-0.2, -0.15) is 0 Å². The lowest BCUT2D eigenvalue weighted by molar-refractivity contribution is 0.818. The van der Waals surface area contributed by atoms with Crippen LogP contribution in [0.5, 0.6) is 0 Å². The van der Waals surface area contributed by atoms with Gasteiger partial charge >= 0.3 is 0 Å². The third kappa shape index (κ3) is 3.97. The van der Waals surface area contributed by atoms with Crippen LogP contribution in [-0.2, 0) is 13.1 Å². The molecule has 1 N–H and O–H groups in total. The lowest BCUT2D eigenvalue weighted by Gasteiger charge is -2.16. The van der Waals surface area contributed by atoms with Crippen molar-refractivity contribution in [2.45, 2.75) is 13.1 Å². The average molecular weight is 376 g/mol. The Morgan fingerprint density at radius 3 is 2.63 bits per heavy atom. The Hall–Kier alpha value is -2.83. The first kappa shape index (κ1) is 17.6. The first-order valence-electron chi connectivity index (χ1n) is 8.83. The summed E-state index contributed by atoms with van der Waals surface area (Å²) in [5.74, 6) is 0.718. The topological polar surface area (TPSA) is 53.9 Å². The highest BCUT2D eigenvalue weighted by molar-refractivity contribution is 7.18. The Morgan fingerprint density at radius 1 is 1.00 bits per heavy atom. The molecule has 5 nitrogen and oxygen atoms in total. The number of hydrogen-bond donors (Lipinski definition) is 1. The highest BCUT2D eigenvalue weighted by Gasteiger charge is 2.09. The average Bonchev–Trinajstić information content (AvgIpc) is 3.11. The molecule has 3 aromatic heterocycles. The van der Waals surface area contributed by atoms with Gasteiger partial charge in [-0.15, -0.1) is 11.3 Å². The van der Waals surface area contributed by atoms with E-state index in [1.54, 1.807) is 11.3 Å². The fraction of sp³-hybridized carbons (Fsp3) is 0.190. The van der Waals surface area contributed by atoms with Crippen LogP contribution >= 0.6 is 11.3 Å². The SMILES string of the molecule is CNCc1cccc(-c2cnc(N(C)Cc3cc4cccnc4s3)nc2)c1. The second-order valence-corrected chi connectivity index (χ2v) is 7.58. The number of anilines is 1. The van der Waals surface area contributed by atoms with Gasteiger partial charge in [0.1, 0.15) is 4.83 Å². The van der Waals surface area contributed by atoms with Gasteiger partial charge in [-0.1, -0.05) is 24.3 Å². The summed E-state index contributed by atoms with van der Waals surface area (Å²) in [7, 11) is 3.97. The van der Waals surface area contributed by atoms with Gasteiger partial charge in [-0.05, 0) is 36.4 Å². The van der Waals surface area contributed by atoms with Crippen LogP contribution in [0, 0.1) is 0 Å². The summed E-state index contributed by atoms with van der Waals surface area (Å²) in [6, 6.07) is 14.7. The Morgan fingerprint density at radius 2 is 1.85 bits per heavy atom. The van der Waals surface area contributed by atoms with Crippen molar-refractivity contribution in [1.29, 1.82) is 0 Å². The van der Waals surface area contributed by atoms with Crippen molar-refractivity contribution < 1.29 is 0 Å². The summed E-state index contributed by atoms with van der Waals surface area (Å²) in [4.78, 5) is 17.9. The molecule has 0 unspecified atom stereocenters. The Bertz CT molecular complexity index is 1010. The van der Waals surface area contributed by atoms with Crippen molar-refractivity contribution in [2.24, 2.45) is 0 Å². The van der Waals surface area contributed by atoms with Gasteiger partial charge in [0, 0.05) is 48.0 Å². The van der Waals surface area contributed by atoms with Crippen LogP contribution < -0.4 is 10.2 Å². The summed E-state index contributed by atoms with van der Waals surface area (Å²) in [5, 5.41) is 4.36. The maximum absolute atomic E-state index is 4.57. The number of fused-ring (bicyclic) bond motifs is 1. The quantitative estimate of drug-likeness (QED) is 0.550. The Labute approximate surface area is 162 Å². The molecule has 27 heavy (non-hydrogen) atoms. The van der Waals surface area contributed by atoms with Crippen LogP contribution in [0.4, 0.5) is 5.95 Å². The normalized spacial score (nSPS) is 11.0. The van der Waals surface area contributed by atoms with Crippen LogP contribution in [-0.4, -0.2) is 29.0 Å². The number of benzene rings is 1. The maximum atomic E-state index is 4.57. The lowest BCUT2D eigenvalue weighted by Crippen LogP contribution is -2.18. The minimum atomic E-state index is 0.718. The van der Waals surface area contributed by atoms with E-state index >= 15 is 0 Å². The standard InChI is InChI=1S/C21H21N5S/c1-22-11-15-5-3-6-16(9-15)18-12-24-21(25-13-18)26(2)14-19-10-17-7-4-8-23-20(17)27-19/h3-10,12-13,22H,11,14H2,1-2H3. The first-order valence-corrected chi connectivity index (χ1v) is 9.65. The number of aromatic nitrogens is 3. The second kappa shape index (κ2) is 7.82. The number of rotatable bonds is 6. The highest BCUT2D eigenvalue weighted by atomic mass is 32.1. The van der Waals surface area contributed by atoms with E-state index in [4.69, 9.17) is 0 Å². The zero-order valence-electron chi connectivity index (χ0n) is 15.4. The van der Waals surface area contributed by atoms with Crippen molar-refractivity contribution in [3.63, 3.8) is 0 Å². The predicted molar refractivity (Wildman–Crippen MR) is 112 cm³/mol. The minimum absolute atomic E-state index is 0.718. The van der Waals surface area contributed by atoms with E-state index in [9.17, 15) is 0 Å². The van der Waals surface area contributed by atoms with Crippen molar-refractivity contribution in [3.05, 3.63) is 71.5 Å². The molecule has 4 aromatic rings. The second-order valence-electron chi connectivity index (χ2n) is 6.47. The third-order valence-electron chi connectivity index (χ3n) is 4.36. The molecular formula is C21H21N5S. The lowest BCUT2D eigenvalue weighted by atomic mass is 10.1. The summed E-state index contributed by atoms with van der Waals surface area (Å²) in [6.07, 6.45) is 5.62. The summed E-state index contributed by atoms with van der Waals surface area (Å²) in [6.45, 7) is 1.61. The van der Waals surface area contributed by atoms with Crippen LogP contribution in [0.2, 0.25) is 0 Å². The van der Waals surface area contributed by atoms with Crippen LogP contribution in [0.1, 0.15) is 10.4 Å². The van der Waals surface area contributed by atoms with Gasteiger partial charge in [-0.25, -0.2) is 15.0 Å². The molecule has 0 atom stereocenters. The van der Waals surface area contributed by atoms with E-state index in [1.165, 1.54) is 15.8 Å². The monoisotopic (exact) mass is 375 g/mol. The van der Waals surface area contributed by atoms with Crippen LogP contribution in [0.25, 0.3) is 21.3 Å². The van der Waals surface area contributed by atoms with Crippen molar-refractivity contribution in [1.82, 2.24) is 20.3 Å². The smallest absolute Gasteiger partial charge is 0.225 e. The van der Waals surface area contributed by atoms with Gasteiger partial charge in [0.15, 0.2) is 0 Å². The molecule has 0 radical (unpaired) electrons.